The number of nitrogens with zero attached hydrogens (tertiary/aromatic N) is 3. The van der Waals surface area contributed by atoms with Crippen molar-refractivity contribution in [1.82, 2.24) is 20.3 Å². The van der Waals surface area contributed by atoms with Gasteiger partial charge < -0.3 is 10.6 Å². The second-order valence-corrected chi connectivity index (χ2v) is 7.93. The first-order chi connectivity index (χ1) is 14.4. The summed E-state index contributed by atoms with van der Waals surface area (Å²) in [6, 6.07) is 14.4. The standard InChI is InChI=1S/C22H22ClN5O2/c1-13(15-8-10-18(11-9-15)25-21(29)16-6-7-16)24-22(30)20-14(2)28(27-26-20)19-5-3-4-17(23)12-19/h3-5,8-13,16H,6-7H2,1-2H3,(H,24,30)(H,25,29). The van der Waals surface area contributed by atoms with Gasteiger partial charge in [-0.3, -0.25) is 9.59 Å². The van der Waals surface area contributed by atoms with Crippen LogP contribution in [0.4, 0.5) is 5.69 Å². The zero-order valence-electron chi connectivity index (χ0n) is 16.7. The fraction of sp³-hybridized carbons (Fsp3) is 0.273. The smallest absolute Gasteiger partial charge is 0.274 e. The van der Waals surface area contributed by atoms with Crippen LogP contribution in [0.5, 0.6) is 0 Å². The van der Waals surface area contributed by atoms with Gasteiger partial charge in [-0.2, -0.15) is 0 Å². The molecule has 30 heavy (non-hydrogen) atoms. The molecule has 154 valence electrons. The fourth-order valence-electron chi connectivity index (χ4n) is 3.19. The first-order valence-corrected chi connectivity index (χ1v) is 10.2. The summed E-state index contributed by atoms with van der Waals surface area (Å²) in [6.07, 6.45) is 1.93. The van der Waals surface area contributed by atoms with Crippen LogP contribution in [0.1, 0.15) is 47.6 Å². The van der Waals surface area contributed by atoms with Gasteiger partial charge in [0.2, 0.25) is 5.91 Å². The highest BCUT2D eigenvalue weighted by molar-refractivity contribution is 6.30. The second kappa shape index (κ2) is 8.28. The lowest BCUT2D eigenvalue weighted by molar-refractivity contribution is -0.117. The van der Waals surface area contributed by atoms with Crippen LogP contribution in [0.25, 0.3) is 5.69 Å². The van der Waals surface area contributed by atoms with Crippen LogP contribution in [-0.4, -0.2) is 26.8 Å². The number of nitrogens with one attached hydrogen (secondary N) is 2. The number of amides is 2. The minimum Gasteiger partial charge on any atom is -0.344 e. The van der Waals surface area contributed by atoms with Crippen molar-refractivity contribution in [3.8, 4) is 5.69 Å². The lowest BCUT2D eigenvalue weighted by Gasteiger charge is -2.14. The molecule has 1 heterocycles. The number of benzene rings is 2. The van der Waals surface area contributed by atoms with Crippen molar-refractivity contribution in [3.05, 3.63) is 70.5 Å². The first-order valence-electron chi connectivity index (χ1n) is 9.82. The molecule has 0 aliphatic heterocycles. The van der Waals surface area contributed by atoms with E-state index in [0.717, 1.165) is 29.8 Å². The molecule has 1 aliphatic rings. The summed E-state index contributed by atoms with van der Waals surface area (Å²) in [7, 11) is 0. The predicted molar refractivity (Wildman–Crippen MR) is 115 cm³/mol. The van der Waals surface area contributed by atoms with Crippen LogP contribution in [0.2, 0.25) is 5.02 Å². The van der Waals surface area contributed by atoms with Gasteiger partial charge in [0.1, 0.15) is 0 Å². The van der Waals surface area contributed by atoms with Gasteiger partial charge in [-0.05, 0) is 62.6 Å². The van der Waals surface area contributed by atoms with E-state index in [0.29, 0.717) is 10.7 Å². The van der Waals surface area contributed by atoms with Gasteiger partial charge in [-0.25, -0.2) is 4.68 Å². The van der Waals surface area contributed by atoms with Crippen molar-refractivity contribution in [2.45, 2.75) is 32.7 Å². The molecular formula is C22H22ClN5O2. The molecule has 2 aromatic carbocycles. The monoisotopic (exact) mass is 423 g/mol. The van der Waals surface area contributed by atoms with E-state index in [1.54, 1.807) is 23.7 Å². The lowest BCUT2D eigenvalue weighted by Crippen LogP contribution is -2.27. The average molecular weight is 424 g/mol. The predicted octanol–water partition coefficient (Wildman–Crippen LogP) is 4.07. The van der Waals surface area contributed by atoms with Crippen molar-refractivity contribution in [2.24, 2.45) is 5.92 Å². The maximum absolute atomic E-state index is 12.7. The molecule has 1 saturated carbocycles. The summed E-state index contributed by atoms with van der Waals surface area (Å²) in [5, 5.41) is 14.6. The molecule has 1 unspecified atom stereocenters. The van der Waals surface area contributed by atoms with Gasteiger partial charge >= 0.3 is 0 Å². The Labute approximate surface area is 179 Å². The number of carbonyl (C=O) groups excluding carboxylic acids is 2. The molecule has 2 N–H and O–H groups in total. The van der Waals surface area contributed by atoms with Crippen molar-refractivity contribution in [1.29, 1.82) is 0 Å². The number of hydrogen-bond donors (Lipinski definition) is 2. The van der Waals surface area contributed by atoms with Crippen molar-refractivity contribution >= 4 is 29.1 Å². The van der Waals surface area contributed by atoms with Crippen LogP contribution in [0.3, 0.4) is 0 Å². The Hall–Kier alpha value is -3.19. The Morgan fingerprint density at radius 2 is 1.90 bits per heavy atom. The topological polar surface area (TPSA) is 88.9 Å². The summed E-state index contributed by atoms with van der Waals surface area (Å²) in [4.78, 5) is 24.6. The third kappa shape index (κ3) is 4.36. The highest BCUT2D eigenvalue weighted by Gasteiger charge is 2.29. The summed E-state index contributed by atoms with van der Waals surface area (Å²) in [6.45, 7) is 3.68. The summed E-state index contributed by atoms with van der Waals surface area (Å²) >= 11 is 6.05. The van der Waals surface area contributed by atoms with Gasteiger partial charge in [0.15, 0.2) is 5.69 Å². The molecular weight excluding hydrogens is 402 g/mol. The molecule has 0 spiro atoms. The second-order valence-electron chi connectivity index (χ2n) is 7.50. The van der Waals surface area contributed by atoms with Gasteiger partial charge in [-0.15, -0.1) is 5.10 Å². The minimum atomic E-state index is -0.306. The largest absolute Gasteiger partial charge is 0.344 e. The van der Waals surface area contributed by atoms with E-state index in [-0.39, 0.29) is 29.5 Å². The van der Waals surface area contributed by atoms with Crippen LogP contribution >= 0.6 is 11.6 Å². The van der Waals surface area contributed by atoms with E-state index < -0.39 is 0 Å². The van der Waals surface area contributed by atoms with Gasteiger partial charge in [0.25, 0.3) is 5.91 Å². The van der Waals surface area contributed by atoms with Gasteiger partial charge in [0.05, 0.1) is 17.4 Å². The third-order valence-electron chi connectivity index (χ3n) is 5.14. The third-order valence-corrected chi connectivity index (χ3v) is 5.37. The molecule has 4 rings (SSSR count). The number of carbonyl (C=O) groups is 2. The Morgan fingerprint density at radius 1 is 1.17 bits per heavy atom. The normalized spacial score (nSPS) is 14.2. The zero-order chi connectivity index (χ0) is 21.3. The summed E-state index contributed by atoms with van der Waals surface area (Å²) in [5.74, 6) is -0.0757. The molecule has 0 saturated heterocycles. The van der Waals surface area contributed by atoms with Crippen LogP contribution < -0.4 is 10.6 Å². The molecule has 8 heteroatoms. The summed E-state index contributed by atoms with van der Waals surface area (Å²) in [5.41, 5.74) is 3.31. The van der Waals surface area contributed by atoms with Crippen LogP contribution in [-0.2, 0) is 4.79 Å². The lowest BCUT2D eigenvalue weighted by atomic mass is 10.1. The molecule has 3 aromatic rings. The van der Waals surface area contributed by atoms with Crippen LogP contribution in [0.15, 0.2) is 48.5 Å². The highest BCUT2D eigenvalue weighted by Crippen LogP contribution is 2.30. The Kier molecular flexibility index (Phi) is 5.55. The van der Waals surface area contributed by atoms with Gasteiger partial charge in [-0.1, -0.05) is 35.0 Å². The molecule has 1 aliphatic carbocycles. The molecule has 1 atom stereocenters. The number of anilines is 1. The van der Waals surface area contributed by atoms with E-state index in [1.807, 2.05) is 43.3 Å². The maximum Gasteiger partial charge on any atom is 0.274 e. The summed E-state index contributed by atoms with van der Waals surface area (Å²) < 4.78 is 1.59. The zero-order valence-corrected chi connectivity index (χ0v) is 17.5. The SMILES string of the molecule is Cc1c(C(=O)NC(C)c2ccc(NC(=O)C3CC3)cc2)nnn1-c1cccc(Cl)c1. The van der Waals surface area contributed by atoms with Crippen molar-refractivity contribution in [2.75, 3.05) is 5.32 Å². The average Bonchev–Trinajstić information content (AvgIpc) is 3.50. The Balaban J connectivity index is 1.43. The number of halogens is 1. The number of hydrogen-bond acceptors (Lipinski definition) is 4. The molecule has 0 bridgehead atoms. The van der Waals surface area contributed by atoms with Crippen molar-refractivity contribution < 1.29 is 9.59 Å². The van der Waals surface area contributed by atoms with E-state index >= 15 is 0 Å². The number of aromatic nitrogens is 3. The fourth-order valence-corrected chi connectivity index (χ4v) is 3.37. The molecule has 1 fully saturated rings. The molecule has 7 nitrogen and oxygen atoms in total. The minimum absolute atomic E-state index is 0.0716. The van der Waals surface area contributed by atoms with E-state index in [4.69, 9.17) is 11.6 Å². The van der Waals surface area contributed by atoms with E-state index in [9.17, 15) is 9.59 Å². The quantitative estimate of drug-likeness (QED) is 0.625. The van der Waals surface area contributed by atoms with Crippen molar-refractivity contribution in [3.63, 3.8) is 0 Å². The maximum atomic E-state index is 12.7. The molecule has 1 aromatic heterocycles. The first kappa shape index (κ1) is 20.1. The Morgan fingerprint density at radius 3 is 2.57 bits per heavy atom. The molecule has 2 amide bonds. The van der Waals surface area contributed by atoms with E-state index in [1.165, 1.54) is 0 Å². The highest BCUT2D eigenvalue weighted by atomic mass is 35.5. The van der Waals surface area contributed by atoms with E-state index in [2.05, 4.69) is 20.9 Å². The molecule has 0 radical (unpaired) electrons. The van der Waals surface area contributed by atoms with Gasteiger partial charge in [0, 0.05) is 16.6 Å². The van der Waals surface area contributed by atoms with Crippen LogP contribution in [0, 0.1) is 12.8 Å². The number of rotatable bonds is 6. The Bertz CT molecular complexity index is 1090.